The van der Waals surface area contributed by atoms with Gasteiger partial charge < -0.3 is 10.2 Å². The molecule has 1 unspecified atom stereocenters. The Balaban J connectivity index is 2.51. The van der Waals surface area contributed by atoms with Gasteiger partial charge in [0.25, 0.3) is 5.92 Å². The third kappa shape index (κ3) is 1.19. The van der Waals surface area contributed by atoms with E-state index < -0.39 is 35.3 Å². The zero-order valence-electron chi connectivity index (χ0n) is 7.88. The maximum Gasteiger partial charge on any atom is 0.320 e. The van der Waals surface area contributed by atoms with Crippen LogP contribution in [0.2, 0.25) is 0 Å². The summed E-state index contributed by atoms with van der Waals surface area (Å²) in [4.78, 5) is 10.8. The van der Waals surface area contributed by atoms with E-state index in [4.69, 9.17) is 10.2 Å². The Hall–Kier alpha value is -1.72. The van der Waals surface area contributed by atoms with Gasteiger partial charge in [0.1, 0.15) is 0 Å². The Morgan fingerprint density at radius 2 is 1.94 bits per heavy atom. The van der Waals surface area contributed by atoms with E-state index in [1.165, 1.54) is 0 Å². The van der Waals surface area contributed by atoms with E-state index in [-0.39, 0.29) is 5.56 Å². The van der Waals surface area contributed by atoms with Gasteiger partial charge in [0, 0.05) is 6.42 Å². The molecule has 0 spiro atoms. The van der Waals surface area contributed by atoms with Gasteiger partial charge in [0.2, 0.25) is 0 Å². The predicted molar refractivity (Wildman–Crippen MR) is 46.9 cm³/mol. The van der Waals surface area contributed by atoms with Gasteiger partial charge in [-0.1, -0.05) is 6.07 Å². The molecule has 1 saturated carbocycles. The summed E-state index contributed by atoms with van der Waals surface area (Å²) in [6, 6.07) is 2.49. The van der Waals surface area contributed by atoms with Crippen LogP contribution in [0, 0.1) is 5.82 Å². The minimum Gasteiger partial charge on any atom is -0.505 e. The summed E-state index contributed by atoms with van der Waals surface area (Å²) in [5, 5.41) is 17.7. The highest BCUT2D eigenvalue weighted by Gasteiger charge is 2.77. The molecular formula is C10H7F3O3. The molecule has 1 aromatic carbocycles. The van der Waals surface area contributed by atoms with E-state index in [9.17, 15) is 18.0 Å². The maximum atomic E-state index is 13.1. The average Bonchev–Trinajstić information content (AvgIpc) is 2.75. The quantitative estimate of drug-likeness (QED) is 0.818. The van der Waals surface area contributed by atoms with Gasteiger partial charge in [-0.2, -0.15) is 0 Å². The summed E-state index contributed by atoms with van der Waals surface area (Å²) in [7, 11) is 0. The lowest BCUT2D eigenvalue weighted by Crippen LogP contribution is -2.27. The normalized spacial score (nSPS) is 26.4. The van der Waals surface area contributed by atoms with Crippen LogP contribution in [0.25, 0.3) is 0 Å². The third-order valence-corrected chi connectivity index (χ3v) is 2.79. The standard InChI is InChI=1S/C10H7F3O3/c11-6-3-5(1-2-7(6)14)9(8(15)16)4-10(9,12)13/h1-3,14H,4H2,(H,15,16). The van der Waals surface area contributed by atoms with Gasteiger partial charge in [0.15, 0.2) is 17.0 Å². The van der Waals surface area contributed by atoms with E-state index >= 15 is 0 Å². The second kappa shape index (κ2) is 2.90. The number of hydrogen-bond acceptors (Lipinski definition) is 2. The van der Waals surface area contributed by atoms with Crippen molar-refractivity contribution in [2.24, 2.45) is 0 Å². The Labute approximate surface area is 88.1 Å². The van der Waals surface area contributed by atoms with E-state index in [2.05, 4.69) is 0 Å². The van der Waals surface area contributed by atoms with Crippen LogP contribution in [-0.4, -0.2) is 22.1 Å². The SMILES string of the molecule is O=C(O)C1(c2ccc(O)c(F)c2)CC1(F)F. The van der Waals surface area contributed by atoms with Crippen molar-refractivity contribution in [3.8, 4) is 5.75 Å². The highest BCUT2D eigenvalue weighted by molar-refractivity contribution is 5.87. The number of alkyl halides is 2. The number of aromatic hydroxyl groups is 1. The van der Waals surface area contributed by atoms with Crippen molar-refractivity contribution in [2.75, 3.05) is 0 Å². The van der Waals surface area contributed by atoms with E-state index in [1.807, 2.05) is 0 Å². The maximum absolute atomic E-state index is 13.1. The van der Waals surface area contributed by atoms with Crippen molar-refractivity contribution >= 4 is 5.97 Å². The van der Waals surface area contributed by atoms with Crippen LogP contribution in [0.5, 0.6) is 5.75 Å². The molecule has 0 aromatic heterocycles. The minimum absolute atomic E-state index is 0.333. The molecular weight excluding hydrogens is 225 g/mol. The van der Waals surface area contributed by atoms with Gasteiger partial charge in [-0.05, 0) is 17.7 Å². The number of phenols is 1. The first-order valence-corrected chi connectivity index (χ1v) is 4.41. The highest BCUT2D eigenvalue weighted by atomic mass is 19.3. The van der Waals surface area contributed by atoms with Crippen molar-refractivity contribution in [3.05, 3.63) is 29.6 Å². The van der Waals surface area contributed by atoms with Gasteiger partial charge in [-0.3, -0.25) is 4.79 Å². The van der Waals surface area contributed by atoms with Crippen LogP contribution in [0.15, 0.2) is 18.2 Å². The molecule has 1 aliphatic rings. The fourth-order valence-corrected chi connectivity index (χ4v) is 1.73. The number of carboxylic acids is 1. The molecule has 0 radical (unpaired) electrons. The van der Waals surface area contributed by atoms with Crippen molar-refractivity contribution in [1.29, 1.82) is 0 Å². The molecule has 86 valence electrons. The summed E-state index contributed by atoms with van der Waals surface area (Å²) >= 11 is 0. The van der Waals surface area contributed by atoms with Gasteiger partial charge in [0.05, 0.1) is 0 Å². The Morgan fingerprint density at radius 3 is 2.31 bits per heavy atom. The summed E-state index contributed by atoms with van der Waals surface area (Å²) in [5.74, 6) is -6.88. The molecule has 1 atom stereocenters. The fourth-order valence-electron chi connectivity index (χ4n) is 1.73. The number of carbonyl (C=O) groups is 1. The van der Waals surface area contributed by atoms with Crippen LogP contribution >= 0.6 is 0 Å². The lowest BCUT2D eigenvalue weighted by atomic mass is 9.95. The number of hydrogen-bond donors (Lipinski definition) is 2. The first-order chi connectivity index (χ1) is 7.31. The molecule has 6 heteroatoms. The number of aliphatic carboxylic acids is 1. The summed E-state index contributed by atoms with van der Waals surface area (Å²) in [5.41, 5.74) is -2.68. The number of rotatable bonds is 2. The van der Waals surface area contributed by atoms with Crippen molar-refractivity contribution in [1.82, 2.24) is 0 Å². The Bertz CT molecular complexity index is 472. The highest BCUT2D eigenvalue weighted by Crippen LogP contribution is 2.61. The molecule has 0 heterocycles. The number of phenolic OH excluding ortho intramolecular Hbond substituents is 1. The predicted octanol–water partition coefficient (Wildman–Crippen LogP) is 1.89. The summed E-state index contributed by atoms with van der Waals surface area (Å²) in [6.45, 7) is 0. The van der Waals surface area contributed by atoms with Gasteiger partial charge in [-0.25, -0.2) is 13.2 Å². The van der Waals surface area contributed by atoms with E-state index in [1.54, 1.807) is 0 Å². The second-order valence-electron chi connectivity index (χ2n) is 3.76. The second-order valence-corrected chi connectivity index (χ2v) is 3.76. The number of halogens is 3. The van der Waals surface area contributed by atoms with Crippen LogP contribution in [0.3, 0.4) is 0 Å². The molecule has 0 saturated heterocycles. The monoisotopic (exact) mass is 232 g/mol. The molecule has 1 fully saturated rings. The lowest BCUT2D eigenvalue weighted by Gasteiger charge is -2.11. The first-order valence-electron chi connectivity index (χ1n) is 4.41. The topological polar surface area (TPSA) is 57.5 Å². The summed E-state index contributed by atoms with van der Waals surface area (Å²) < 4.78 is 39.1. The molecule has 3 nitrogen and oxygen atoms in total. The lowest BCUT2D eigenvalue weighted by molar-refractivity contribution is -0.142. The Morgan fingerprint density at radius 1 is 1.38 bits per heavy atom. The first kappa shape index (κ1) is 10.8. The number of carboxylic acid groups (broad SMARTS) is 1. The fraction of sp³-hybridized carbons (Fsp3) is 0.300. The smallest absolute Gasteiger partial charge is 0.320 e. The van der Waals surface area contributed by atoms with Crippen LogP contribution in [0.4, 0.5) is 13.2 Å². The molecule has 2 N–H and O–H groups in total. The number of benzene rings is 1. The molecule has 1 aliphatic carbocycles. The zero-order chi connectivity index (χ0) is 12.1. The summed E-state index contributed by atoms with van der Waals surface area (Å²) in [6.07, 6.45) is -0.848. The molecule has 0 amide bonds. The molecule has 2 rings (SSSR count). The average molecular weight is 232 g/mol. The van der Waals surface area contributed by atoms with Crippen LogP contribution in [0.1, 0.15) is 12.0 Å². The largest absolute Gasteiger partial charge is 0.505 e. The van der Waals surface area contributed by atoms with Crippen molar-refractivity contribution in [2.45, 2.75) is 17.8 Å². The van der Waals surface area contributed by atoms with Crippen LogP contribution < -0.4 is 0 Å². The molecule has 1 aromatic rings. The van der Waals surface area contributed by atoms with Crippen LogP contribution in [-0.2, 0) is 10.2 Å². The van der Waals surface area contributed by atoms with Gasteiger partial charge >= 0.3 is 5.97 Å². The van der Waals surface area contributed by atoms with Crippen molar-refractivity contribution in [3.63, 3.8) is 0 Å². The van der Waals surface area contributed by atoms with E-state index in [0.29, 0.717) is 6.07 Å². The molecule has 0 aliphatic heterocycles. The Kier molecular flexibility index (Phi) is 1.95. The molecule has 16 heavy (non-hydrogen) atoms. The molecule has 0 bridgehead atoms. The van der Waals surface area contributed by atoms with Crippen molar-refractivity contribution < 1.29 is 28.2 Å². The van der Waals surface area contributed by atoms with E-state index in [0.717, 1.165) is 12.1 Å². The third-order valence-electron chi connectivity index (χ3n) is 2.79. The zero-order valence-corrected chi connectivity index (χ0v) is 7.88. The minimum atomic E-state index is -3.37. The van der Waals surface area contributed by atoms with Gasteiger partial charge in [-0.15, -0.1) is 0 Å².